The molecule has 1 aromatic rings. The van der Waals surface area contributed by atoms with E-state index >= 15 is 0 Å². The first-order chi connectivity index (χ1) is 7.75. The van der Waals surface area contributed by atoms with Crippen LogP contribution in [0.15, 0.2) is 18.2 Å². The van der Waals surface area contributed by atoms with E-state index in [1.54, 1.807) is 0 Å². The molecule has 2 nitrogen and oxygen atoms in total. The van der Waals surface area contributed by atoms with Crippen molar-refractivity contribution in [1.29, 1.82) is 0 Å². The van der Waals surface area contributed by atoms with Crippen molar-refractivity contribution in [3.63, 3.8) is 0 Å². The number of hydrogen-bond donors (Lipinski definition) is 2. The molecule has 88 valence electrons. The number of rotatable bonds is 3. The molecule has 2 heteroatoms. The SMILES string of the molecule is Cc1ccc(NCC2CCCNC2)cc1C. The van der Waals surface area contributed by atoms with Crippen LogP contribution in [0, 0.1) is 19.8 Å². The normalized spacial score (nSPS) is 20.8. The summed E-state index contributed by atoms with van der Waals surface area (Å²) in [6, 6.07) is 6.61. The van der Waals surface area contributed by atoms with E-state index in [1.165, 1.54) is 36.2 Å². The van der Waals surface area contributed by atoms with Crippen molar-refractivity contribution in [2.45, 2.75) is 26.7 Å². The molecule has 1 heterocycles. The predicted molar refractivity (Wildman–Crippen MR) is 70.0 cm³/mol. The molecule has 1 aliphatic rings. The Labute approximate surface area is 98.4 Å². The summed E-state index contributed by atoms with van der Waals surface area (Å²) in [5.41, 5.74) is 3.99. The molecule has 16 heavy (non-hydrogen) atoms. The van der Waals surface area contributed by atoms with Crippen LogP contribution in [0.1, 0.15) is 24.0 Å². The van der Waals surface area contributed by atoms with Crippen LogP contribution in [-0.4, -0.2) is 19.6 Å². The highest BCUT2D eigenvalue weighted by atomic mass is 14.9. The van der Waals surface area contributed by atoms with E-state index in [4.69, 9.17) is 0 Å². The van der Waals surface area contributed by atoms with Crippen molar-refractivity contribution in [3.8, 4) is 0 Å². The van der Waals surface area contributed by atoms with Crippen LogP contribution in [0.3, 0.4) is 0 Å². The summed E-state index contributed by atoms with van der Waals surface area (Å²) in [7, 11) is 0. The first-order valence-corrected chi connectivity index (χ1v) is 6.27. The van der Waals surface area contributed by atoms with Crippen LogP contribution in [0.4, 0.5) is 5.69 Å². The molecule has 0 amide bonds. The van der Waals surface area contributed by atoms with Crippen LogP contribution in [0.2, 0.25) is 0 Å². The second-order valence-corrected chi connectivity index (χ2v) is 4.89. The summed E-state index contributed by atoms with van der Waals surface area (Å²) in [5.74, 6) is 0.787. The van der Waals surface area contributed by atoms with Gasteiger partial charge in [-0.15, -0.1) is 0 Å². The summed E-state index contributed by atoms with van der Waals surface area (Å²) in [4.78, 5) is 0. The smallest absolute Gasteiger partial charge is 0.0343 e. The van der Waals surface area contributed by atoms with Gasteiger partial charge in [0.1, 0.15) is 0 Å². The molecule has 1 fully saturated rings. The Kier molecular flexibility index (Phi) is 3.83. The van der Waals surface area contributed by atoms with Gasteiger partial charge in [0.2, 0.25) is 0 Å². The van der Waals surface area contributed by atoms with Gasteiger partial charge in [0.25, 0.3) is 0 Å². The number of aryl methyl sites for hydroxylation is 2. The summed E-state index contributed by atoms with van der Waals surface area (Å²) in [5, 5.41) is 6.99. The zero-order valence-electron chi connectivity index (χ0n) is 10.3. The lowest BCUT2D eigenvalue weighted by atomic mass is 9.99. The third-order valence-electron chi connectivity index (χ3n) is 3.50. The average Bonchev–Trinajstić information content (AvgIpc) is 2.32. The minimum absolute atomic E-state index is 0.787. The van der Waals surface area contributed by atoms with Gasteiger partial charge in [-0.2, -0.15) is 0 Å². The van der Waals surface area contributed by atoms with Gasteiger partial charge in [0.05, 0.1) is 0 Å². The summed E-state index contributed by atoms with van der Waals surface area (Å²) in [6.07, 6.45) is 2.67. The van der Waals surface area contributed by atoms with Crippen molar-refractivity contribution < 1.29 is 0 Å². The Bertz CT molecular complexity index is 341. The third-order valence-corrected chi connectivity index (χ3v) is 3.50. The summed E-state index contributed by atoms with van der Waals surface area (Å²) < 4.78 is 0. The highest BCUT2D eigenvalue weighted by molar-refractivity contribution is 5.48. The third kappa shape index (κ3) is 2.99. The summed E-state index contributed by atoms with van der Waals surface area (Å²) >= 11 is 0. The Morgan fingerprint density at radius 1 is 1.31 bits per heavy atom. The Hall–Kier alpha value is -1.02. The maximum absolute atomic E-state index is 3.54. The fourth-order valence-corrected chi connectivity index (χ4v) is 2.21. The van der Waals surface area contributed by atoms with E-state index in [0.29, 0.717) is 0 Å². The van der Waals surface area contributed by atoms with Crippen LogP contribution in [-0.2, 0) is 0 Å². The highest BCUT2D eigenvalue weighted by Crippen LogP contribution is 2.16. The van der Waals surface area contributed by atoms with Gasteiger partial charge in [-0.3, -0.25) is 0 Å². The van der Waals surface area contributed by atoms with Crippen molar-refractivity contribution in [2.24, 2.45) is 5.92 Å². The van der Waals surface area contributed by atoms with E-state index < -0.39 is 0 Å². The maximum Gasteiger partial charge on any atom is 0.0343 e. The number of hydrogen-bond acceptors (Lipinski definition) is 2. The zero-order valence-corrected chi connectivity index (χ0v) is 10.3. The van der Waals surface area contributed by atoms with Gasteiger partial charge in [0, 0.05) is 12.2 Å². The quantitative estimate of drug-likeness (QED) is 0.815. The highest BCUT2D eigenvalue weighted by Gasteiger charge is 2.12. The molecular weight excluding hydrogens is 196 g/mol. The molecule has 1 aromatic carbocycles. The standard InChI is InChI=1S/C14H22N2/c1-11-5-6-14(8-12(11)2)16-10-13-4-3-7-15-9-13/h5-6,8,13,15-16H,3-4,7,9-10H2,1-2H3. The van der Waals surface area contributed by atoms with Crippen molar-refractivity contribution in [1.82, 2.24) is 5.32 Å². The second kappa shape index (κ2) is 5.35. The number of benzene rings is 1. The fourth-order valence-electron chi connectivity index (χ4n) is 2.21. The van der Waals surface area contributed by atoms with E-state index in [-0.39, 0.29) is 0 Å². The molecule has 0 bridgehead atoms. The molecule has 1 unspecified atom stereocenters. The summed E-state index contributed by atoms with van der Waals surface area (Å²) in [6.45, 7) is 7.78. The van der Waals surface area contributed by atoms with Gasteiger partial charge in [0.15, 0.2) is 0 Å². The number of anilines is 1. The molecule has 0 spiro atoms. The van der Waals surface area contributed by atoms with E-state index in [9.17, 15) is 0 Å². The topological polar surface area (TPSA) is 24.1 Å². The van der Waals surface area contributed by atoms with Crippen molar-refractivity contribution in [2.75, 3.05) is 25.0 Å². The molecule has 0 aliphatic carbocycles. The minimum Gasteiger partial charge on any atom is -0.385 e. The maximum atomic E-state index is 3.54. The number of nitrogens with one attached hydrogen (secondary N) is 2. The zero-order chi connectivity index (χ0) is 11.4. The average molecular weight is 218 g/mol. The molecule has 2 N–H and O–H groups in total. The van der Waals surface area contributed by atoms with Crippen LogP contribution in [0.5, 0.6) is 0 Å². The molecule has 0 aromatic heterocycles. The van der Waals surface area contributed by atoms with Crippen molar-refractivity contribution in [3.05, 3.63) is 29.3 Å². The first-order valence-electron chi connectivity index (χ1n) is 6.27. The van der Waals surface area contributed by atoms with E-state index in [0.717, 1.165) is 19.0 Å². The van der Waals surface area contributed by atoms with Gasteiger partial charge in [-0.05, 0) is 69.0 Å². The lowest BCUT2D eigenvalue weighted by Crippen LogP contribution is -2.33. The van der Waals surface area contributed by atoms with Crippen molar-refractivity contribution >= 4 is 5.69 Å². The lowest BCUT2D eigenvalue weighted by Gasteiger charge is -2.23. The van der Waals surface area contributed by atoms with Gasteiger partial charge in [-0.1, -0.05) is 6.07 Å². The molecular formula is C14H22N2. The number of piperidine rings is 1. The Balaban J connectivity index is 1.86. The second-order valence-electron chi connectivity index (χ2n) is 4.89. The molecule has 1 aliphatic heterocycles. The molecule has 1 saturated heterocycles. The van der Waals surface area contributed by atoms with E-state index in [1.807, 2.05) is 0 Å². The molecule has 2 rings (SSSR count). The Morgan fingerprint density at radius 3 is 2.88 bits per heavy atom. The fraction of sp³-hybridized carbons (Fsp3) is 0.571. The van der Waals surface area contributed by atoms with Gasteiger partial charge in [-0.25, -0.2) is 0 Å². The lowest BCUT2D eigenvalue weighted by molar-refractivity contribution is 0.393. The Morgan fingerprint density at radius 2 is 2.19 bits per heavy atom. The minimum atomic E-state index is 0.787. The molecule has 0 radical (unpaired) electrons. The van der Waals surface area contributed by atoms with Crippen LogP contribution in [0.25, 0.3) is 0 Å². The van der Waals surface area contributed by atoms with E-state index in [2.05, 4.69) is 42.7 Å². The van der Waals surface area contributed by atoms with Gasteiger partial charge < -0.3 is 10.6 Å². The van der Waals surface area contributed by atoms with Crippen LogP contribution < -0.4 is 10.6 Å². The first kappa shape index (κ1) is 11.5. The predicted octanol–water partition coefficient (Wildman–Crippen LogP) is 2.71. The monoisotopic (exact) mass is 218 g/mol. The van der Waals surface area contributed by atoms with Crippen LogP contribution >= 0.6 is 0 Å². The molecule has 1 atom stereocenters. The molecule has 0 saturated carbocycles. The largest absolute Gasteiger partial charge is 0.385 e. The van der Waals surface area contributed by atoms with Gasteiger partial charge >= 0.3 is 0 Å².